The molecule has 1 aliphatic rings. The summed E-state index contributed by atoms with van der Waals surface area (Å²) in [7, 11) is -4.57. The number of nitrogens with zero attached hydrogens (tertiary/aromatic N) is 1. The van der Waals surface area contributed by atoms with Crippen LogP contribution < -0.4 is 14.4 Å². The molecule has 5 nitrogen and oxygen atoms in total. The van der Waals surface area contributed by atoms with Gasteiger partial charge in [0.2, 0.25) is 16.6 Å². The van der Waals surface area contributed by atoms with Crippen molar-refractivity contribution in [2.45, 2.75) is 24.1 Å². The maximum atomic E-state index is 12.6. The highest BCUT2D eigenvalue weighted by molar-refractivity contribution is 7.91. The fourth-order valence-corrected chi connectivity index (χ4v) is 3.32. The molecule has 0 fully saturated rings. The highest BCUT2D eigenvalue weighted by Crippen LogP contribution is 2.33. The van der Waals surface area contributed by atoms with Gasteiger partial charge in [-0.25, -0.2) is 8.42 Å². The number of rotatable bonds is 6. The summed E-state index contributed by atoms with van der Waals surface area (Å²) >= 11 is 0. The minimum absolute atomic E-state index is 0.205. The maximum absolute atomic E-state index is 12.6. The molecule has 0 saturated carbocycles. The first-order valence-electron chi connectivity index (χ1n) is 7.67. The molecule has 0 amide bonds. The Kier molecular flexibility index (Phi) is 4.80. The third kappa shape index (κ3) is 3.53. The quantitative estimate of drug-likeness (QED) is 0.781. The van der Waals surface area contributed by atoms with Crippen LogP contribution in [0.1, 0.15) is 12.5 Å². The minimum Gasteiger partial charge on any atom is -0.454 e. The predicted molar refractivity (Wildman–Crippen MR) is 88.9 cm³/mol. The lowest BCUT2D eigenvalue weighted by molar-refractivity contribution is 0.174. The first kappa shape index (κ1) is 17.5. The van der Waals surface area contributed by atoms with E-state index in [4.69, 9.17) is 9.47 Å². The van der Waals surface area contributed by atoms with Gasteiger partial charge in [-0.3, -0.25) is 0 Å². The lowest BCUT2D eigenvalue weighted by Gasteiger charge is -2.23. The van der Waals surface area contributed by atoms with Gasteiger partial charge >= 0.3 is 5.76 Å². The molecule has 0 atom stereocenters. The average molecular weight is 369 g/mol. The van der Waals surface area contributed by atoms with Gasteiger partial charge < -0.3 is 14.4 Å². The average Bonchev–Trinajstić information content (AvgIpc) is 3.07. The molecule has 0 spiro atoms. The Bertz CT molecular complexity index is 853. The Labute approximate surface area is 144 Å². The van der Waals surface area contributed by atoms with Gasteiger partial charge in [-0.1, -0.05) is 6.07 Å². The van der Waals surface area contributed by atoms with Crippen molar-refractivity contribution in [3.63, 3.8) is 0 Å². The molecule has 0 N–H and O–H groups in total. The lowest BCUT2D eigenvalue weighted by Crippen LogP contribution is -2.22. The van der Waals surface area contributed by atoms with E-state index >= 15 is 0 Å². The van der Waals surface area contributed by atoms with Crippen LogP contribution in [0, 0.1) is 0 Å². The fourth-order valence-electron chi connectivity index (χ4n) is 2.59. The van der Waals surface area contributed by atoms with Crippen LogP contribution in [0.3, 0.4) is 0 Å². The summed E-state index contributed by atoms with van der Waals surface area (Å²) in [4.78, 5) is 1.61. The van der Waals surface area contributed by atoms with E-state index in [0.29, 0.717) is 24.6 Å². The van der Waals surface area contributed by atoms with Gasteiger partial charge in [0.1, 0.15) is 0 Å². The molecular weight excluding hydrogens is 352 g/mol. The van der Waals surface area contributed by atoms with Gasteiger partial charge in [0.25, 0.3) is 0 Å². The molecule has 0 bridgehead atoms. The maximum Gasteiger partial charge on any atom is 0.341 e. The Balaban J connectivity index is 1.79. The molecule has 25 heavy (non-hydrogen) atoms. The smallest absolute Gasteiger partial charge is 0.341 e. The third-order valence-electron chi connectivity index (χ3n) is 3.96. The highest BCUT2D eigenvalue weighted by atomic mass is 32.2. The van der Waals surface area contributed by atoms with Crippen molar-refractivity contribution in [3.8, 4) is 11.5 Å². The largest absolute Gasteiger partial charge is 0.454 e. The van der Waals surface area contributed by atoms with Crippen molar-refractivity contribution in [1.29, 1.82) is 0 Å². The monoisotopic (exact) mass is 369 g/mol. The van der Waals surface area contributed by atoms with Crippen molar-refractivity contribution in [3.05, 3.63) is 48.0 Å². The zero-order valence-corrected chi connectivity index (χ0v) is 14.3. The van der Waals surface area contributed by atoms with Crippen molar-refractivity contribution in [2.75, 3.05) is 18.2 Å². The molecule has 3 rings (SSSR count). The van der Waals surface area contributed by atoms with E-state index in [1.165, 1.54) is 24.3 Å². The number of anilines is 1. The molecule has 0 unspecified atom stereocenters. The van der Waals surface area contributed by atoms with Crippen LogP contribution >= 0.6 is 0 Å². The summed E-state index contributed by atoms with van der Waals surface area (Å²) in [5.74, 6) is -2.03. The third-order valence-corrected chi connectivity index (χ3v) is 5.36. The molecule has 1 heterocycles. The Hall–Kier alpha value is -2.35. The van der Waals surface area contributed by atoms with E-state index in [2.05, 4.69) is 0 Å². The number of fused-ring (bicyclic) bond motifs is 1. The SMILES string of the molecule is CCN(Cc1ccc2c(c1)OCO2)c1ccc(S(=O)(=O)C(F)F)cc1. The van der Waals surface area contributed by atoms with E-state index in [-0.39, 0.29) is 11.7 Å². The second-order valence-electron chi connectivity index (χ2n) is 5.50. The second kappa shape index (κ2) is 6.87. The standard InChI is InChI=1S/C17H17F2NO4S/c1-2-20(10-12-3-8-15-16(9-12)24-11-23-15)13-4-6-14(7-5-13)25(21,22)17(18)19/h3-9,17H,2,10-11H2,1H3. The molecule has 2 aromatic carbocycles. The number of halogens is 2. The normalized spacial score (nSPS) is 13.3. The predicted octanol–water partition coefficient (Wildman–Crippen LogP) is 3.44. The zero-order chi connectivity index (χ0) is 18.0. The summed E-state index contributed by atoms with van der Waals surface area (Å²) in [6.45, 7) is 3.39. The first-order valence-corrected chi connectivity index (χ1v) is 9.22. The zero-order valence-electron chi connectivity index (χ0n) is 13.5. The van der Waals surface area contributed by atoms with Crippen LogP contribution in [-0.2, 0) is 16.4 Å². The number of alkyl halides is 2. The molecule has 0 radical (unpaired) electrons. The van der Waals surface area contributed by atoms with Crippen LogP contribution in [0.25, 0.3) is 0 Å². The fraction of sp³-hybridized carbons (Fsp3) is 0.294. The van der Waals surface area contributed by atoms with Crippen molar-refractivity contribution in [1.82, 2.24) is 0 Å². The Morgan fingerprint density at radius 2 is 1.76 bits per heavy atom. The molecule has 8 heteroatoms. The number of sulfone groups is 1. The summed E-state index contributed by atoms with van der Waals surface area (Å²) in [5.41, 5.74) is 1.74. The molecule has 0 aromatic heterocycles. The molecule has 2 aromatic rings. The van der Waals surface area contributed by atoms with Gasteiger partial charge in [0.15, 0.2) is 11.5 Å². The van der Waals surface area contributed by atoms with E-state index < -0.39 is 15.6 Å². The lowest BCUT2D eigenvalue weighted by atomic mass is 10.1. The second-order valence-corrected chi connectivity index (χ2v) is 7.42. The highest BCUT2D eigenvalue weighted by Gasteiger charge is 2.26. The Morgan fingerprint density at radius 1 is 1.08 bits per heavy atom. The molecule has 1 aliphatic heterocycles. The van der Waals surface area contributed by atoms with Crippen LogP contribution in [0.5, 0.6) is 11.5 Å². The van der Waals surface area contributed by atoms with Crippen molar-refractivity contribution in [2.24, 2.45) is 0 Å². The van der Waals surface area contributed by atoms with E-state index in [1.54, 1.807) is 0 Å². The summed E-state index contributed by atoms with van der Waals surface area (Å²) in [5, 5.41) is 0. The van der Waals surface area contributed by atoms with Gasteiger partial charge in [-0.05, 0) is 48.9 Å². The van der Waals surface area contributed by atoms with Gasteiger partial charge in [-0.15, -0.1) is 0 Å². The van der Waals surface area contributed by atoms with Crippen LogP contribution in [0.15, 0.2) is 47.4 Å². The van der Waals surface area contributed by atoms with E-state index in [1.807, 2.05) is 30.0 Å². The van der Waals surface area contributed by atoms with Gasteiger partial charge in [0, 0.05) is 18.8 Å². The van der Waals surface area contributed by atoms with E-state index in [0.717, 1.165) is 11.3 Å². The van der Waals surface area contributed by atoms with Crippen molar-refractivity contribution >= 4 is 15.5 Å². The minimum atomic E-state index is -4.57. The van der Waals surface area contributed by atoms with Gasteiger partial charge in [0.05, 0.1) is 4.90 Å². The first-order chi connectivity index (χ1) is 11.9. The number of ether oxygens (including phenoxy) is 2. The molecular formula is C17H17F2NO4S. The topological polar surface area (TPSA) is 55.8 Å². The molecule has 0 saturated heterocycles. The number of hydrogen-bond acceptors (Lipinski definition) is 5. The number of hydrogen-bond donors (Lipinski definition) is 0. The number of benzene rings is 2. The van der Waals surface area contributed by atoms with Crippen molar-refractivity contribution < 1.29 is 26.7 Å². The van der Waals surface area contributed by atoms with Crippen LogP contribution in [0.4, 0.5) is 14.5 Å². The van der Waals surface area contributed by atoms with Crippen LogP contribution in [0.2, 0.25) is 0 Å². The summed E-state index contributed by atoms with van der Waals surface area (Å²) in [6, 6.07) is 11.1. The van der Waals surface area contributed by atoms with E-state index in [9.17, 15) is 17.2 Å². The van der Waals surface area contributed by atoms with Crippen LogP contribution in [-0.4, -0.2) is 27.5 Å². The Morgan fingerprint density at radius 3 is 2.40 bits per heavy atom. The summed E-state index contributed by atoms with van der Waals surface area (Å²) in [6.07, 6.45) is 0. The molecule has 0 aliphatic carbocycles. The molecule has 134 valence electrons. The van der Waals surface area contributed by atoms with Gasteiger partial charge in [-0.2, -0.15) is 8.78 Å². The summed E-state index contributed by atoms with van der Waals surface area (Å²) < 4.78 is 58.8.